The Labute approximate surface area is 68.9 Å². The van der Waals surface area contributed by atoms with Gasteiger partial charge in [0.15, 0.2) is 6.07 Å². The van der Waals surface area contributed by atoms with Gasteiger partial charge in [-0.25, -0.2) is 4.39 Å². The lowest BCUT2D eigenvalue weighted by atomic mass is 10.2. The summed E-state index contributed by atoms with van der Waals surface area (Å²) in [6.45, 7) is 0. The number of hydrogen-bond acceptors (Lipinski definition) is 2. The van der Waals surface area contributed by atoms with Gasteiger partial charge in [0.05, 0.1) is 5.56 Å². The largest absolute Gasteiger partial charge is 0.507 e. The maximum absolute atomic E-state index is 12.4. The molecule has 0 bridgehead atoms. The van der Waals surface area contributed by atoms with Gasteiger partial charge in [0.1, 0.15) is 11.6 Å². The van der Waals surface area contributed by atoms with Crippen LogP contribution in [0.2, 0.25) is 0 Å². The molecule has 0 spiro atoms. The molecule has 12 heavy (non-hydrogen) atoms. The Kier molecular flexibility index (Phi) is 2.30. The van der Waals surface area contributed by atoms with Crippen molar-refractivity contribution in [2.75, 3.05) is 0 Å². The van der Waals surface area contributed by atoms with E-state index >= 15 is 0 Å². The Bertz CT molecular complexity index is 395. The van der Waals surface area contributed by atoms with E-state index in [0.717, 1.165) is 6.07 Å². The van der Waals surface area contributed by atoms with Gasteiger partial charge in [-0.15, -0.1) is 0 Å². The van der Waals surface area contributed by atoms with E-state index in [4.69, 9.17) is 10.4 Å². The molecule has 58 valence electrons. The zero-order valence-corrected chi connectivity index (χ0v) is 6.00. The van der Waals surface area contributed by atoms with Gasteiger partial charge in [0.25, 0.3) is 0 Å². The molecule has 1 aromatic rings. The Morgan fingerprint density at radius 2 is 2.17 bits per heavy atom. The van der Waals surface area contributed by atoms with E-state index in [9.17, 15) is 4.39 Å². The molecule has 0 aliphatic heterocycles. The van der Waals surface area contributed by atoms with Crippen LogP contribution in [0.1, 0.15) is 5.56 Å². The van der Waals surface area contributed by atoms with Crippen LogP contribution in [0.25, 0.3) is 0 Å². The minimum Gasteiger partial charge on any atom is -0.507 e. The third-order valence-corrected chi connectivity index (χ3v) is 1.21. The third-order valence-electron chi connectivity index (χ3n) is 1.21. The fourth-order valence-corrected chi connectivity index (χ4v) is 0.706. The molecule has 0 heterocycles. The number of benzene rings is 1. The number of nitrogens with zero attached hydrogens (tertiary/aromatic N) is 1. The van der Waals surface area contributed by atoms with Crippen LogP contribution in [0, 0.1) is 29.0 Å². The maximum Gasteiger partial charge on any atom is 0.152 e. The predicted octanol–water partition coefficient (Wildman–Crippen LogP) is 1.41. The van der Waals surface area contributed by atoms with Crippen molar-refractivity contribution in [3.63, 3.8) is 0 Å². The van der Waals surface area contributed by atoms with Crippen molar-refractivity contribution >= 4 is 0 Å². The first-order valence-electron chi connectivity index (χ1n) is 3.12. The summed E-state index contributed by atoms with van der Waals surface area (Å²) in [7, 11) is 0. The number of phenolic OH excluding ortho intramolecular Hbond substituents is 1. The molecule has 2 nitrogen and oxygen atoms in total. The highest BCUT2D eigenvalue weighted by molar-refractivity contribution is 5.46. The van der Waals surface area contributed by atoms with E-state index in [1.54, 1.807) is 6.07 Å². The van der Waals surface area contributed by atoms with E-state index in [1.165, 1.54) is 12.1 Å². The predicted molar refractivity (Wildman–Crippen MR) is 40.6 cm³/mol. The minimum absolute atomic E-state index is 0.248. The molecular formula is C9H4FNO. The molecule has 0 atom stereocenters. The van der Waals surface area contributed by atoms with Gasteiger partial charge in [0.2, 0.25) is 0 Å². The van der Waals surface area contributed by atoms with Crippen molar-refractivity contribution in [2.24, 2.45) is 0 Å². The SMILES string of the molecule is N#CC#Cc1ccc(F)cc1O. The van der Waals surface area contributed by atoms with Crippen LogP contribution >= 0.6 is 0 Å². The minimum atomic E-state index is -0.532. The van der Waals surface area contributed by atoms with Gasteiger partial charge in [-0.05, 0) is 18.1 Å². The normalized spacial score (nSPS) is 8.00. The van der Waals surface area contributed by atoms with Crippen molar-refractivity contribution in [1.29, 1.82) is 5.26 Å². The third kappa shape index (κ3) is 1.74. The highest BCUT2D eigenvalue weighted by Crippen LogP contribution is 2.16. The Morgan fingerprint density at radius 3 is 2.75 bits per heavy atom. The molecule has 1 N–H and O–H groups in total. The summed E-state index contributed by atoms with van der Waals surface area (Å²) in [5, 5.41) is 17.2. The monoisotopic (exact) mass is 161 g/mol. The van der Waals surface area contributed by atoms with Gasteiger partial charge in [-0.2, -0.15) is 5.26 Å². The summed E-state index contributed by atoms with van der Waals surface area (Å²) < 4.78 is 12.4. The van der Waals surface area contributed by atoms with Crippen LogP contribution in [-0.2, 0) is 0 Å². The van der Waals surface area contributed by atoms with Gasteiger partial charge < -0.3 is 5.11 Å². The quantitative estimate of drug-likeness (QED) is 0.584. The first-order chi connectivity index (χ1) is 5.74. The van der Waals surface area contributed by atoms with Crippen molar-refractivity contribution in [3.8, 4) is 23.7 Å². The first kappa shape index (κ1) is 8.10. The Hall–Kier alpha value is -2.00. The maximum atomic E-state index is 12.4. The van der Waals surface area contributed by atoms with Crippen molar-refractivity contribution in [1.82, 2.24) is 0 Å². The molecule has 0 amide bonds. The van der Waals surface area contributed by atoms with Crippen LogP contribution in [0.4, 0.5) is 4.39 Å². The molecule has 0 radical (unpaired) electrons. The molecule has 1 aromatic carbocycles. The molecule has 0 aliphatic rings. The molecule has 0 aliphatic carbocycles. The van der Waals surface area contributed by atoms with Crippen LogP contribution < -0.4 is 0 Å². The molecule has 0 aromatic heterocycles. The number of aromatic hydroxyl groups is 1. The zero-order valence-electron chi connectivity index (χ0n) is 6.00. The van der Waals surface area contributed by atoms with Crippen molar-refractivity contribution in [3.05, 3.63) is 29.6 Å². The zero-order chi connectivity index (χ0) is 8.97. The van der Waals surface area contributed by atoms with Gasteiger partial charge in [-0.3, -0.25) is 0 Å². The Morgan fingerprint density at radius 1 is 1.42 bits per heavy atom. The van der Waals surface area contributed by atoms with Crippen molar-refractivity contribution in [2.45, 2.75) is 0 Å². The van der Waals surface area contributed by atoms with Gasteiger partial charge in [-0.1, -0.05) is 0 Å². The number of rotatable bonds is 0. The van der Waals surface area contributed by atoms with E-state index in [2.05, 4.69) is 11.8 Å². The second-order valence-electron chi connectivity index (χ2n) is 2.02. The summed E-state index contributed by atoms with van der Waals surface area (Å²) in [5.41, 5.74) is 0.248. The second-order valence-corrected chi connectivity index (χ2v) is 2.02. The summed E-state index contributed by atoms with van der Waals surface area (Å²) >= 11 is 0. The lowest BCUT2D eigenvalue weighted by Gasteiger charge is -1.94. The van der Waals surface area contributed by atoms with E-state index in [-0.39, 0.29) is 11.3 Å². The molecular weight excluding hydrogens is 157 g/mol. The fourth-order valence-electron chi connectivity index (χ4n) is 0.706. The smallest absolute Gasteiger partial charge is 0.152 e. The summed E-state index contributed by atoms with van der Waals surface area (Å²) in [4.78, 5) is 0. The topological polar surface area (TPSA) is 44.0 Å². The van der Waals surface area contributed by atoms with Crippen LogP contribution in [0.3, 0.4) is 0 Å². The Balaban J connectivity index is 3.12. The summed E-state index contributed by atoms with van der Waals surface area (Å²) in [5.74, 6) is 3.68. The number of halogens is 1. The van der Waals surface area contributed by atoms with Crippen molar-refractivity contribution < 1.29 is 9.50 Å². The second kappa shape index (κ2) is 3.41. The number of hydrogen-bond donors (Lipinski definition) is 1. The fraction of sp³-hybridized carbons (Fsp3) is 0. The van der Waals surface area contributed by atoms with Gasteiger partial charge in [0, 0.05) is 12.0 Å². The highest BCUT2D eigenvalue weighted by Gasteiger charge is 1.98. The van der Waals surface area contributed by atoms with Gasteiger partial charge >= 0.3 is 0 Å². The van der Waals surface area contributed by atoms with Crippen LogP contribution in [-0.4, -0.2) is 5.11 Å². The molecule has 3 heteroatoms. The standard InChI is InChI=1S/C9H4FNO/c10-8-4-3-7(2-1-5-11)9(12)6-8/h3-4,6,12H. The highest BCUT2D eigenvalue weighted by atomic mass is 19.1. The lowest BCUT2D eigenvalue weighted by molar-refractivity contribution is 0.467. The average molecular weight is 161 g/mol. The molecule has 0 fully saturated rings. The lowest BCUT2D eigenvalue weighted by Crippen LogP contribution is -1.78. The molecule has 1 rings (SSSR count). The molecule has 0 unspecified atom stereocenters. The summed E-state index contributed by atoms with van der Waals surface area (Å²) in [6.07, 6.45) is 0. The van der Waals surface area contributed by atoms with Crippen LogP contribution in [0.5, 0.6) is 5.75 Å². The van der Waals surface area contributed by atoms with E-state index in [0.29, 0.717) is 0 Å². The molecule has 0 saturated carbocycles. The first-order valence-corrected chi connectivity index (χ1v) is 3.12. The number of nitriles is 1. The van der Waals surface area contributed by atoms with E-state index < -0.39 is 5.82 Å². The number of phenols is 1. The average Bonchev–Trinajstić information content (AvgIpc) is 2.03. The summed E-state index contributed by atoms with van der Waals surface area (Å²) in [6, 6.07) is 5.02. The van der Waals surface area contributed by atoms with E-state index in [1.807, 2.05) is 0 Å². The molecule has 0 saturated heterocycles. The van der Waals surface area contributed by atoms with Crippen LogP contribution in [0.15, 0.2) is 18.2 Å².